The molecule has 12 heavy (non-hydrogen) atoms. The Morgan fingerprint density at radius 1 is 1.25 bits per heavy atom. The minimum Gasteiger partial charge on any atom is -0.497 e. The molecule has 0 N–H and O–H groups in total. The molecule has 0 unspecified atom stereocenters. The fraction of sp³-hybridized carbons (Fsp3) is 0.250. The van der Waals surface area contributed by atoms with Gasteiger partial charge >= 0.3 is 0 Å². The van der Waals surface area contributed by atoms with Crippen LogP contribution in [-0.4, -0.2) is 7.11 Å². The highest BCUT2D eigenvalue weighted by Crippen LogP contribution is 2.40. The predicted octanol–water partition coefficient (Wildman–Crippen LogP) is 3.68. The van der Waals surface area contributed by atoms with E-state index in [4.69, 9.17) is 27.9 Å². The zero-order chi connectivity index (χ0) is 9.19. The maximum atomic E-state index is 5.80. The quantitative estimate of drug-likeness (QED) is 0.745. The second kappa shape index (κ2) is 3.86. The summed E-state index contributed by atoms with van der Waals surface area (Å²) in [6.45, 7) is 0. The number of ether oxygens (including phenoxy) is 1. The smallest absolute Gasteiger partial charge is 0.197 e. The summed E-state index contributed by atoms with van der Waals surface area (Å²) in [7, 11) is 1.61. The second-order valence-electron chi connectivity index (χ2n) is 2.23. The molecule has 0 aliphatic rings. The lowest BCUT2D eigenvalue weighted by Crippen LogP contribution is -1.98. The van der Waals surface area contributed by atoms with E-state index in [-0.39, 0.29) is 0 Å². The molecule has 0 spiro atoms. The monoisotopic (exact) mass is 268 g/mol. The maximum Gasteiger partial charge on any atom is 0.197 e. The van der Waals surface area contributed by atoms with Crippen molar-refractivity contribution in [3.63, 3.8) is 0 Å². The normalized spacial score (nSPS) is 11.3. The van der Waals surface area contributed by atoms with E-state index in [0.29, 0.717) is 0 Å². The van der Waals surface area contributed by atoms with Crippen LogP contribution in [0.5, 0.6) is 5.75 Å². The van der Waals surface area contributed by atoms with Gasteiger partial charge in [-0.05, 0) is 33.6 Å². The van der Waals surface area contributed by atoms with Crippen LogP contribution >= 0.6 is 39.1 Å². The number of benzene rings is 1. The first kappa shape index (κ1) is 10.2. The van der Waals surface area contributed by atoms with E-state index >= 15 is 0 Å². The number of hydrogen-bond donors (Lipinski definition) is 0. The molecule has 0 aliphatic heterocycles. The molecule has 0 amide bonds. The molecule has 1 aromatic rings. The van der Waals surface area contributed by atoms with E-state index < -0.39 is 3.24 Å². The zero-order valence-electron chi connectivity index (χ0n) is 6.35. The minimum absolute atomic E-state index is 0.781. The van der Waals surface area contributed by atoms with Gasteiger partial charge in [-0.25, -0.2) is 0 Å². The molecule has 0 heterocycles. The first-order chi connectivity index (χ1) is 5.54. The highest BCUT2D eigenvalue weighted by molar-refractivity contribution is 9.10. The topological polar surface area (TPSA) is 9.23 Å². The van der Waals surface area contributed by atoms with Gasteiger partial charge in [0.05, 0.1) is 7.11 Å². The predicted molar refractivity (Wildman–Crippen MR) is 55.3 cm³/mol. The van der Waals surface area contributed by atoms with Crippen molar-refractivity contribution in [1.82, 2.24) is 0 Å². The Balaban J connectivity index is 2.93. The van der Waals surface area contributed by atoms with Gasteiger partial charge in [-0.15, -0.1) is 0 Å². The van der Waals surface area contributed by atoms with E-state index in [1.165, 1.54) is 0 Å². The fourth-order valence-electron chi connectivity index (χ4n) is 0.780. The van der Waals surface area contributed by atoms with Gasteiger partial charge in [-0.1, -0.05) is 35.3 Å². The van der Waals surface area contributed by atoms with Crippen molar-refractivity contribution in [2.45, 2.75) is 3.24 Å². The zero-order valence-corrected chi connectivity index (χ0v) is 9.45. The molecule has 66 valence electrons. The first-order valence-corrected chi connectivity index (χ1v) is 4.80. The molecule has 0 fully saturated rings. The lowest BCUT2D eigenvalue weighted by atomic mass is 10.2. The van der Waals surface area contributed by atoms with Gasteiger partial charge in [-0.3, -0.25) is 0 Å². The van der Waals surface area contributed by atoms with Crippen LogP contribution < -0.4 is 4.74 Å². The number of hydrogen-bond acceptors (Lipinski definition) is 1. The van der Waals surface area contributed by atoms with Crippen LogP contribution in [0.2, 0.25) is 0 Å². The standard InChI is InChI=1S/C8H7BrCl2O/c1-12-7-4-2-6(3-5-7)8(9,10)11/h2-5H,1H3. The molecule has 0 aromatic heterocycles. The van der Waals surface area contributed by atoms with Gasteiger partial charge in [0, 0.05) is 0 Å². The molecule has 0 atom stereocenters. The van der Waals surface area contributed by atoms with Crippen LogP contribution in [-0.2, 0) is 3.24 Å². The molecular formula is C8H7BrCl2O. The Bertz CT molecular complexity index is 253. The van der Waals surface area contributed by atoms with Gasteiger partial charge in [0.1, 0.15) is 5.75 Å². The Labute approximate surface area is 89.7 Å². The summed E-state index contributed by atoms with van der Waals surface area (Å²) in [4.78, 5) is 0. The summed E-state index contributed by atoms with van der Waals surface area (Å²) in [5, 5.41) is 0. The average molecular weight is 270 g/mol. The molecule has 1 aromatic carbocycles. The van der Waals surface area contributed by atoms with Crippen molar-refractivity contribution in [3.05, 3.63) is 29.8 Å². The van der Waals surface area contributed by atoms with E-state index in [2.05, 4.69) is 15.9 Å². The molecule has 4 heteroatoms. The number of alkyl halides is 3. The van der Waals surface area contributed by atoms with Crippen LogP contribution in [0, 0.1) is 0 Å². The maximum absolute atomic E-state index is 5.80. The van der Waals surface area contributed by atoms with Gasteiger partial charge in [0.15, 0.2) is 3.24 Å². The molecular weight excluding hydrogens is 263 g/mol. The summed E-state index contributed by atoms with van der Waals surface area (Å²) < 4.78 is 3.97. The molecule has 0 bridgehead atoms. The molecule has 0 radical (unpaired) electrons. The van der Waals surface area contributed by atoms with Gasteiger partial charge in [-0.2, -0.15) is 0 Å². The van der Waals surface area contributed by atoms with Gasteiger partial charge in [0.25, 0.3) is 0 Å². The number of halogens is 3. The van der Waals surface area contributed by atoms with Crippen molar-refractivity contribution >= 4 is 39.1 Å². The Morgan fingerprint density at radius 3 is 2.08 bits per heavy atom. The average Bonchev–Trinajstić information content (AvgIpc) is 2.03. The third-order valence-corrected chi connectivity index (χ3v) is 2.31. The summed E-state index contributed by atoms with van der Waals surface area (Å²) >= 11 is 14.7. The van der Waals surface area contributed by atoms with E-state index in [1.54, 1.807) is 31.4 Å². The van der Waals surface area contributed by atoms with Crippen LogP contribution in [0.25, 0.3) is 0 Å². The summed E-state index contributed by atoms with van der Waals surface area (Å²) in [6.07, 6.45) is 0. The molecule has 1 nitrogen and oxygen atoms in total. The fourth-order valence-corrected chi connectivity index (χ4v) is 1.30. The summed E-state index contributed by atoms with van der Waals surface area (Å²) in [6, 6.07) is 7.20. The van der Waals surface area contributed by atoms with Crippen LogP contribution in [0.15, 0.2) is 24.3 Å². The van der Waals surface area contributed by atoms with Crippen LogP contribution in [0.3, 0.4) is 0 Å². The van der Waals surface area contributed by atoms with Crippen LogP contribution in [0.4, 0.5) is 0 Å². The summed E-state index contributed by atoms with van der Waals surface area (Å²) in [5.74, 6) is 0.781. The molecule has 0 aliphatic carbocycles. The number of rotatable bonds is 2. The molecule has 0 saturated heterocycles. The van der Waals surface area contributed by atoms with E-state index in [9.17, 15) is 0 Å². The Hall–Kier alpha value is 0.0800. The van der Waals surface area contributed by atoms with Crippen molar-refractivity contribution in [2.24, 2.45) is 0 Å². The van der Waals surface area contributed by atoms with Crippen molar-refractivity contribution in [3.8, 4) is 5.75 Å². The SMILES string of the molecule is COc1ccc(C(Cl)(Cl)Br)cc1. The van der Waals surface area contributed by atoms with E-state index in [0.717, 1.165) is 11.3 Å². The van der Waals surface area contributed by atoms with Crippen molar-refractivity contribution in [1.29, 1.82) is 0 Å². The molecule has 1 rings (SSSR count). The summed E-state index contributed by atoms with van der Waals surface area (Å²) in [5.41, 5.74) is 0.784. The lowest BCUT2D eigenvalue weighted by molar-refractivity contribution is 0.414. The second-order valence-corrected chi connectivity index (χ2v) is 5.66. The van der Waals surface area contributed by atoms with Crippen molar-refractivity contribution < 1.29 is 4.74 Å². The van der Waals surface area contributed by atoms with Crippen LogP contribution in [0.1, 0.15) is 5.56 Å². The van der Waals surface area contributed by atoms with Crippen molar-refractivity contribution in [2.75, 3.05) is 7.11 Å². The third kappa shape index (κ3) is 2.54. The highest BCUT2D eigenvalue weighted by atomic mass is 79.9. The lowest BCUT2D eigenvalue weighted by Gasteiger charge is -2.11. The number of methoxy groups -OCH3 is 1. The van der Waals surface area contributed by atoms with Gasteiger partial charge in [0.2, 0.25) is 0 Å². The third-order valence-electron chi connectivity index (χ3n) is 1.42. The van der Waals surface area contributed by atoms with Gasteiger partial charge < -0.3 is 4.74 Å². The highest BCUT2D eigenvalue weighted by Gasteiger charge is 2.21. The molecule has 0 saturated carbocycles. The first-order valence-electron chi connectivity index (χ1n) is 3.25. The van der Waals surface area contributed by atoms with E-state index in [1.807, 2.05) is 0 Å². The Kier molecular flexibility index (Phi) is 3.27. The Morgan fingerprint density at radius 2 is 1.75 bits per heavy atom. The minimum atomic E-state index is -1.01. The largest absolute Gasteiger partial charge is 0.497 e.